The molecule has 8 heteroatoms. The van der Waals surface area contributed by atoms with Crippen LogP contribution in [0.5, 0.6) is 0 Å². The second-order valence-electron chi connectivity index (χ2n) is 6.83. The molecule has 3 rings (SSSR count). The van der Waals surface area contributed by atoms with E-state index in [-0.39, 0.29) is 5.02 Å². The number of carbonyl (C=O) groups excluding carboxylic acids is 1. The number of nitrogens with zero attached hydrogens (tertiary/aromatic N) is 3. The van der Waals surface area contributed by atoms with Gasteiger partial charge in [0.1, 0.15) is 17.3 Å². The third-order valence-corrected chi connectivity index (χ3v) is 4.50. The average Bonchev–Trinajstić information content (AvgIpc) is 2.90. The van der Waals surface area contributed by atoms with Crippen LogP contribution in [0.15, 0.2) is 22.8 Å². The zero-order chi connectivity index (χ0) is 19.2. The molecule has 0 atom stereocenters. The molecular formula is C18H16BrClN4O2. The summed E-state index contributed by atoms with van der Waals surface area (Å²) in [7, 11) is 1.60. The molecule has 0 aliphatic heterocycles. The lowest BCUT2D eigenvalue weighted by Gasteiger charge is -2.25. The van der Waals surface area contributed by atoms with Gasteiger partial charge in [0.2, 0.25) is 0 Å². The normalized spacial score (nSPS) is 11.6. The first-order valence-corrected chi connectivity index (χ1v) is 8.95. The Hall–Kier alpha value is -2.30. The number of rotatable bonds is 1. The van der Waals surface area contributed by atoms with Gasteiger partial charge in [-0.15, -0.1) is 0 Å². The minimum Gasteiger partial charge on any atom is -0.443 e. The number of hydrogen-bond donors (Lipinski definition) is 1. The number of aromatic amines is 1. The fourth-order valence-corrected chi connectivity index (χ4v) is 3.25. The van der Waals surface area contributed by atoms with Gasteiger partial charge < -0.3 is 9.72 Å². The third-order valence-electron chi connectivity index (χ3n) is 3.77. The highest BCUT2D eigenvalue weighted by Gasteiger charge is 2.25. The second kappa shape index (κ2) is 6.45. The first-order chi connectivity index (χ1) is 12.1. The Morgan fingerprint density at radius 1 is 1.42 bits per heavy atom. The Balaban J connectivity index is 2.29. The molecule has 0 bridgehead atoms. The molecule has 2 aromatic heterocycles. The highest BCUT2D eigenvalue weighted by molar-refractivity contribution is 9.10. The highest BCUT2D eigenvalue weighted by atomic mass is 79.9. The first kappa shape index (κ1) is 18.5. The van der Waals surface area contributed by atoms with E-state index in [9.17, 15) is 10.1 Å². The van der Waals surface area contributed by atoms with Crippen molar-refractivity contribution in [2.75, 3.05) is 11.9 Å². The van der Waals surface area contributed by atoms with Gasteiger partial charge in [0.15, 0.2) is 0 Å². The number of anilines is 1. The van der Waals surface area contributed by atoms with Crippen molar-refractivity contribution in [3.05, 3.63) is 33.4 Å². The lowest BCUT2D eigenvalue weighted by Crippen LogP contribution is -2.34. The quantitative estimate of drug-likeness (QED) is 0.556. The minimum absolute atomic E-state index is 0.256. The van der Waals surface area contributed by atoms with Crippen LogP contribution in [0.3, 0.4) is 0 Å². The SMILES string of the molecule is CN(C(=O)OC(C)(C)C)c1cc(Cl)c(C#N)c2c1[nH]c1ncc(Br)cc12. The lowest BCUT2D eigenvalue weighted by atomic mass is 10.1. The minimum atomic E-state index is -0.631. The van der Waals surface area contributed by atoms with Crippen LogP contribution in [0.2, 0.25) is 5.02 Å². The molecular weight excluding hydrogens is 420 g/mol. The summed E-state index contributed by atoms with van der Waals surface area (Å²) in [5.74, 6) is 0. The van der Waals surface area contributed by atoms with Crippen molar-refractivity contribution in [1.29, 1.82) is 5.26 Å². The van der Waals surface area contributed by atoms with Crippen LogP contribution < -0.4 is 4.90 Å². The predicted molar refractivity (Wildman–Crippen MR) is 106 cm³/mol. The molecule has 0 fully saturated rings. The summed E-state index contributed by atoms with van der Waals surface area (Å²) in [6.45, 7) is 5.39. The molecule has 2 heterocycles. The number of nitriles is 1. The molecule has 0 unspecified atom stereocenters. The van der Waals surface area contributed by atoms with E-state index >= 15 is 0 Å². The Morgan fingerprint density at radius 3 is 2.73 bits per heavy atom. The summed E-state index contributed by atoms with van der Waals surface area (Å²) in [5, 5.41) is 11.2. The Morgan fingerprint density at radius 2 is 2.12 bits per heavy atom. The van der Waals surface area contributed by atoms with Crippen LogP contribution in [0, 0.1) is 11.3 Å². The number of hydrogen-bond acceptors (Lipinski definition) is 4. The second-order valence-corrected chi connectivity index (χ2v) is 8.15. The van der Waals surface area contributed by atoms with Gasteiger partial charge in [-0.1, -0.05) is 11.6 Å². The van der Waals surface area contributed by atoms with Gasteiger partial charge >= 0.3 is 6.09 Å². The Kier molecular flexibility index (Phi) is 4.59. The molecule has 1 aromatic carbocycles. The molecule has 6 nitrogen and oxygen atoms in total. The summed E-state index contributed by atoms with van der Waals surface area (Å²) in [6.07, 6.45) is 1.13. The summed E-state index contributed by atoms with van der Waals surface area (Å²) < 4.78 is 6.21. The molecule has 0 radical (unpaired) electrons. The van der Waals surface area contributed by atoms with E-state index in [2.05, 4.69) is 32.0 Å². The zero-order valence-electron chi connectivity index (χ0n) is 14.6. The van der Waals surface area contributed by atoms with Crippen LogP contribution >= 0.6 is 27.5 Å². The number of ether oxygens (including phenoxy) is 1. The van der Waals surface area contributed by atoms with Crippen molar-refractivity contribution in [2.24, 2.45) is 0 Å². The standard InChI is InChI=1S/C18H16BrClN4O2/c1-18(2,3)26-17(25)24(4)13-6-12(20)11(7-21)14-10-5-9(19)8-22-16(10)23-15(13)14/h5-6,8H,1-4H3,(H,22,23). The van der Waals surface area contributed by atoms with Gasteiger partial charge in [0.05, 0.1) is 21.8 Å². The summed E-state index contributed by atoms with van der Waals surface area (Å²) in [4.78, 5) is 21.4. The van der Waals surface area contributed by atoms with Crippen LogP contribution in [-0.2, 0) is 4.74 Å². The van der Waals surface area contributed by atoms with Crippen LogP contribution in [-0.4, -0.2) is 28.7 Å². The van der Waals surface area contributed by atoms with E-state index in [1.165, 1.54) is 4.90 Å². The van der Waals surface area contributed by atoms with Crippen LogP contribution in [0.4, 0.5) is 10.5 Å². The maximum Gasteiger partial charge on any atom is 0.414 e. The number of halogens is 2. The van der Waals surface area contributed by atoms with Gasteiger partial charge in [-0.2, -0.15) is 5.26 Å². The lowest BCUT2D eigenvalue weighted by molar-refractivity contribution is 0.0589. The predicted octanol–water partition coefficient (Wildman–Crippen LogP) is 5.37. The third kappa shape index (κ3) is 3.22. The van der Waals surface area contributed by atoms with Crippen molar-refractivity contribution >= 4 is 61.2 Å². The maximum atomic E-state index is 12.5. The summed E-state index contributed by atoms with van der Waals surface area (Å²) in [5.41, 5.74) is 1.40. The van der Waals surface area contributed by atoms with E-state index < -0.39 is 11.7 Å². The van der Waals surface area contributed by atoms with E-state index in [0.29, 0.717) is 27.8 Å². The van der Waals surface area contributed by atoms with E-state index in [1.807, 2.05) is 6.07 Å². The Bertz CT molecular complexity index is 1080. The number of pyridine rings is 1. The van der Waals surface area contributed by atoms with Gasteiger partial charge in [-0.3, -0.25) is 4.90 Å². The molecule has 0 spiro atoms. The van der Waals surface area contributed by atoms with E-state index in [1.54, 1.807) is 40.1 Å². The molecule has 134 valence electrons. The van der Waals surface area contributed by atoms with Crippen molar-refractivity contribution in [3.63, 3.8) is 0 Å². The van der Waals surface area contributed by atoms with Gasteiger partial charge in [-0.25, -0.2) is 9.78 Å². The molecule has 0 saturated carbocycles. The fourth-order valence-electron chi connectivity index (χ4n) is 2.68. The monoisotopic (exact) mass is 434 g/mol. The number of benzene rings is 1. The average molecular weight is 436 g/mol. The topological polar surface area (TPSA) is 82.0 Å². The number of fused-ring (bicyclic) bond motifs is 3. The van der Waals surface area contributed by atoms with Crippen molar-refractivity contribution in [3.8, 4) is 6.07 Å². The number of nitrogens with one attached hydrogen (secondary N) is 1. The molecule has 0 aliphatic rings. The van der Waals surface area contributed by atoms with E-state index in [4.69, 9.17) is 16.3 Å². The largest absolute Gasteiger partial charge is 0.443 e. The van der Waals surface area contributed by atoms with Gasteiger partial charge in [-0.05, 0) is 48.8 Å². The first-order valence-electron chi connectivity index (χ1n) is 7.78. The van der Waals surface area contributed by atoms with E-state index in [0.717, 1.165) is 9.86 Å². The zero-order valence-corrected chi connectivity index (χ0v) is 17.0. The fraction of sp³-hybridized carbons (Fsp3) is 0.278. The smallest absolute Gasteiger partial charge is 0.414 e. The van der Waals surface area contributed by atoms with Crippen molar-refractivity contribution in [1.82, 2.24) is 9.97 Å². The number of carbonyl (C=O) groups is 1. The molecule has 1 amide bonds. The van der Waals surface area contributed by atoms with Gasteiger partial charge in [0, 0.05) is 28.5 Å². The maximum absolute atomic E-state index is 12.5. The summed E-state index contributed by atoms with van der Waals surface area (Å²) >= 11 is 9.73. The van der Waals surface area contributed by atoms with Crippen molar-refractivity contribution in [2.45, 2.75) is 26.4 Å². The summed E-state index contributed by atoms with van der Waals surface area (Å²) in [6, 6.07) is 5.58. The van der Waals surface area contributed by atoms with Crippen LogP contribution in [0.1, 0.15) is 26.3 Å². The molecule has 0 saturated heterocycles. The van der Waals surface area contributed by atoms with Crippen LogP contribution in [0.25, 0.3) is 21.9 Å². The van der Waals surface area contributed by atoms with Crippen molar-refractivity contribution < 1.29 is 9.53 Å². The number of aromatic nitrogens is 2. The Labute approximate surface area is 163 Å². The number of amides is 1. The molecule has 0 aliphatic carbocycles. The highest BCUT2D eigenvalue weighted by Crippen LogP contribution is 2.38. The molecule has 26 heavy (non-hydrogen) atoms. The van der Waals surface area contributed by atoms with Gasteiger partial charge in [0.25, 0.3) is 0 Å². The molecule has 3 aromatic rings. The number of H-pyrrole nitrogens is 1. The molecule has 1 N–H and O–H groups in total.